The Morgan fingerprint density at radius 1 is 1.38 bits per heavy atom. The third-order valence-corrected chi connectivity index (χ3v) is 4.59. The van der Waals surface area contributed by atoms with E-state index >= 15 is 0 Å². The Kier molecular flexibility index (Phi) is 5.60. The number of halogens is 2. The predicted octanol–water partition coefficient (Wildman–Crippen LogP) is 2.32. The van der Waals surface area contributed by atoms with Crippen LogP contribution in [0.2, 0.25) is 5.02 Å². The number of aliphatic hydroxyl groups excluding tert-OH is 1. The first-order valence-corrected chi connectivity index (χ1v) is 8.86. The molecule has 26 heavy (non-hydrogen) atoms. The number of nitrogens with zero attached hydrogens (tertiary/aromatic N) is 4. The van der Waals surface area contributed by atoms with E-state index in [0.29, 0.717) is 43.3 Å². The second-order valence-electron chi connectivity index (χ2n) is 6.77. The molecule has 3 rings (SSSR count). The maximum Gasteiger partial charge on any atom is 0.257 e. The minimum absolute atomic E-state index is 0.0293. The zero-order chi connectivity index (χ0) is 18.8. The Morgan fingerprint density at radius 2 is 2.15 bits per heavy atom. The van der Waals surface area contributed by atoms with Crippen molar-refractivity contribution in [3.63, 3.8) is 0 Å². The van der Waals surface area contributed by atoms with Gasteiger partial charge in [0.1, 0.15) is 11.9 Å². The van der Waals surface area contributed by atoms with Crippen LogP contribution in [0.5, 0.6) is 0 Å². The van der Waals surface area contributed by atoms with Gasteiger partial charge in [-0.1, -0.05) is 11.6 Å². The lowest BCUT2D eigenvalue weighted by Crippen LogP contribution is -2.31. The molecule has 1 atom stereocenters. The molecule has 0 spiro atoms. The second kappa shape index (κ2) is 7.73. The van der Waals surface area contributed by atoms with Crippen LogP contribution >= 0.6 is 11.6 Å². The van der Waals surface area contributed by atoms with Crippen molar-refractivity contribution in [2.75, 3.05) is 27.2 Å². The number of benzene rings is 1. The van der Waals surface area contributed by atoms with Crippen molar-refractivity contribution in [2.45, 2.75) is 25.6 Å². The van der Waals surface area contributed by atoms with Crippen LogP contribution in [0.3, 0.4) is 0 Å². The molecule has 1 amide bonds. The fourth-order valence-corrected chi connectivity index (χ4v) is 3.26. The summed E-state index contributed by atoms with van der Waals surface area (Å²) < 4.78 is 15.9. The minimum Gasteiger partial charge on any atom is -0.385 e. The van der Waals surface area contributed by atoms with Gasteiger partial charge in [0.25, 0.3) is 5.91 Å². The molecule has 1 aromatic heterocycles. The van der Waals surface area contributed by atoms with Crippen molar-refractivity contribution in [3.05, 3.63) is 52.1 Å². The summed E-state index contributed by atoms with van der Waals surface area (Å²) in [4.78, 5) is 16.2. The molecule has 0 radical (unpaired) electrons. The average Bonchev–Trinajstić information content (AvgIpc) is 2.88. The van der Waals surface area contributed by atoms with Crippen LogP contribution in [0.15, 0.2) is 24.3 Å². The van der Waals surface area contributed by atoms with Gasteiger partial charge in [-0.15, -0.1) is 0 Å². The molecule has 2 heterocycles. The number of aliphatic hydroxyl groups is 1. The molecule has 0 saturated heterocycles. The highest BCUT2D eigenvalue weighted by Crippen LogP contribution is 2.22. The standard InChI is InChI=1S/C18H22ClFN4O2/c1-22(2)11-17(25)16-9-13-10-23(6-3-7-24(13)21-16)18(26)14-8-12(19)4-5-15(14)20/h4-5,8-9,17,25H,3,6-7,10-11H2,1-2H3/t17-/m0/s1. The van der Waals surface area contributed by atoms with Gasteiger partial charge in [-0.25, -0.2) is 4.39 Å². The average molecular weight is 381 g/mol. The van der Waals surface area contributed by atoms with Crippen molar-refractivity contribution >= 4 is 17.5 Å². The van der Waals surface area contributed by atoms with Crippen molar-refractivity contribution in [2.24, 2.45) is 0 Å². The van der Waals surface area contributed by atoms with Gasteiger partial charge in [0.2, 0.25) is 0 Å². The Morgan fingerprint density at radius 3 is 2.88 bits per heavy atom. The number of aromatic nitrogens is 2. The molecule has 6 nitrogen and oxygen atoms in total. The number of rotatable bonds is 4. The van der Waals surface area contributed by atoms with E-state index in [-0.39, 0.29) is 5.56 Å². The summed E-state index contributed by atoms with van der Waals surface area (Å²) in [6.45, 7) is 1.93. The summed E-state index contributed by atoms with van der Waals surface area (Å²) in [7, 11) is 3.76. The van der Waals surface area contributed by atoms with Gasteiger partial charge in [-0.3, -0.25) is 9.48 Å². The molecule has 0 fully saturated rings. The molecule has 0 saturated carbocycles. The monoisotopic (exact) mass is 380 g/mol. The van der Waals surface area contributed by atoms with Gasteiger partial charge < -0.3 is 14.9 Å². The lowest BCUT2D eigenvalue weighted by molar-refractivity contribution is 0.0741. The summed E-state index contributed by atoms with van der Waals surface area (Å²) in [5.74, 6) is -0.978. The summed E-state index contributed by atoms with van der Waals surface area (Å²) in [5.41, 5.74) is 1.38. The minimum atomic E-state index is -0.695. The summed E-state index contributed by atoms with van der Waals surface area (Å²) in [6.07, 6.45) is 0.00480. The van der Waals surface area contributed by atoms with E-state index in [2.05, 4.69) is 5.10 Å². The van der Waals surface area contributed by atoms with E-state index in [1.165, 1.54) is 18.2 Å². The molecular formula is C18H22ClFN4O2. The predicted molar refractivity (Wildman–Crippen MR) is 96.5 cm³/mol. The molecule has 1 aliphatic heterocycles. The first-order chi connectivity index (χ1) is 12.3. The van der Waals surface area contributed by atoms with E-state index in [4.69, 9.17) is 11.6 Å². The number of likely N-dealkylation sites (N-methyl/N-ethyl adjacent to an activating group) is 1. The van der Waals surface area contributed by atoms with E-state index in [9.17, 15) is 14.3 Å². The summed E-state index contributed by atoms with van der Waals surface area (Å²) >= 11 is 5.91. The number of amides is 1. The van der Waals surface area contributed by atoms with Crippen LogP contribution in [-0.4, -0.2) is 57.8 Å². The van der Waals surface area contributed by atoms with Crippen molar-refractivity contribution in [3.8, 4) is 0 Å². The van der Waals surface area contributed by atoms with Crippen LogP contribution in [0.1, 0.15) is 34.3 Å². The first-order valence-electron chi connectivity index (χ1n) is 8.49. The van der Waals surface area contributed by atoms with Gasteiger partial charge in [-0.2, -0.15) is 5.10 Å². The lowest BCUT2D eigenvalue weighted by Gasteiger charge is -2.20. The molecule has 0 unspecified atom stereocenters. The molecule has 1 N–H and O–H groups in total. The van der Waals surface area contributed by atoms with Crippen LogP contribution < -0.4 is 0 Å². The lowest BCUT2D eigenvalue weighted by atomic mass is 10.1. The summed E-state index contributed by atoms with van der Waals surface area (Å²) in [6, 6.07) is 5.79. The van der Waals surface area contributed by atoms with E-state index in [0.717, 1.165) is 5.69 Å². The van der Waals surface area contributed by atoms with Crippen molar-refractivity contribution in [1.82, 2.24) is 19.6 Å². The zero-order valence-electron chi connectivity index (χ0n) is 14.8. The van der Waals surface area contributed by atoms with Crippen molar-refractivity contribution < 1.29 is 14.3 Å². The molecule has 1 aromatic carbocycles. The van der Waals surface area contributed by atoms with Gasteiger partial charge in [0, 0.05) is 24.7 Å². The normalized spacial score (nSPS) is 15.7. The Bertz CT molecular complexity index is 808. The SMILES string of the molecule is CN(C)C[C@H](O)c1cc2n(n1)CCCN(C(=O)c1cc(Cl)ccc1F)C2. The molecule has 0 bridgehead atoms. The third kappa shape index (κ3) is 4.06. The van der Waals surface area contributed by atoms with Crippen LogP contribution in [0.25, 0.3) is 0 Å². The number of hydrogen-bond donors (Lipinski definition) is 1. The van der Waals surface area contributed by atoms with Crippen LogP contribution in [0.4, 0.5) is 4.39 Å². The van der Waals surface area contributed by atoms with Gasteiger partial charge >= 0.3 is 0 Å². The Labute approximate surface area is 156 Å². The maximum absolute atomic E-state index is 14.0. The zero-order valence-corrected chi connectivity index (χ0v) is 15.6. The largest absolute Gasteiger partial charge is 0.385 e. The number of hydrogen-bond acceptors (Lipinski definition) is 4. The quantitative estimate of drug-likeness (QED) is 0.884. The summed E-state index contributed by atoms with van der Waals surface area (Å²) in [5, 5.41) is 15.1. The number of fused-ring (bicyclic) bond motifs is 1. The topological polar surface area (TPSA) is 61.6 Å². The first kappa shape index (κ1) is 18.8. The molecule has 0 aliphatic carbocycles. The van der Waals surface area contributed by atoms with E-state index < -0.39 is 17.8 Å². The molecule has 140 valence electrons. The molecule has 1 aliphatic rings. The Hall–Kier alpha value is -1.96. The molecule has 8 heteroatoms. The smallest absolute Gasteiger partial charge is 0.257 e. The van der Waals surface area contributed by atoms with Crippen LogP contribution in [-0.2, 0) is 13.1 Å². The van der Waals surface area contributed by atoms with E-state index in [1.807, 2.05) is 29.7 Å². The van der Waals surface area contributed by atoms with Crippen LogP contribution in [0, 0.1) is 5.82 Å². The van der Waals surface area contributed by atoms with E-state index in [1.54, 1.807) is 4.90 Å². The maximum atomic E-state index is 14.0. The van der Waals surface area contributed by atoms with Gasteiger partial charge in [-0.05, 0) is 44.8 Å². The second-order valence-corrected chi connectivity index (χ2v) is 7.20. The van der Waals surface area contributed by atoms with Gasteiger partial charge in [0.15, 0.2) is 0 Å². The number of carbonyl (C=O) groups excluding carboxylic acids is 1. The fourth-order valence-electron chi connectivity index (χ4n) is 3.09. The highest BCUT2D eigenvalue weighted by Gasteiger charge is 2.25. The molecule has 2 aromatic rings. The van der Waals surface area contributed by atoms with Crippen molar-refractivity contribution in [1.29, 1.82) is 0 Å². The van der Waals surface area contributed by atoms with Gasteiger partial charge in [0.05, 0.1) is 23.5 Å². The third-order valence-electron chi connectivity index (χ3n) is 4.36. The number of carbonyl (C=O) groups is 1. The Balaban J connectivity index is 1.82. The fraction of sp³-hybridized carbons (Fsp3) is 0.444. The number of aryl methyl sites for hydroxylation is 1. The highest BCUT2D eigenvalue weighted by atomic mass is 35.5. The molecular weight excluding hydrogens is 359 g/mol. The highest BCUT2D eigenvalue weighted by molar-refractivity contribution is 6.31.